The quantitative estimate of drug-likeness (QED) is 0.790. The van der Waals surface area contributed by atoms with Crippen molar-refractivity contribution in [3.05, 3.63) is 11.9 Å². The van der Waals surface area contributed by atoms with Crippen molar-refractivity contribution < 1.29 is 0 Å². The number of nitrogens with zero attached hydrogens (tertiary/aromatic N) is 3. The van der Waals surface area contributed by atoms with Crippen molar-refractivity contribution in [3.63, 3.8) is 0 Å². The topological polar surface area (TPSA) is 67.1 Å². The largest absolute Gasteiger partial charge is 0.383 e. The molecule has 0 saturated carbocycles. The van der Waals surface area contributed by atoms with Gasteiger partial charge < -0.3 is 11.1 Å². The predicted octanol–water partition coefficient (Wildman–Crippen LogP) is 2.15. The smallest absolute Gasteiger partial charge is 0.134 e. The molecule has 0 aromatic carbocycles. The molecular formula is C14H27N5. The molecule has 108 valence electrons. The maximum atomic E-state index is 5.86. The van der Waals surface area contributed by atoms with Gasteiger partial charge in [0.05, 0.1) is 0 Å². The Bertz CT molecular complexity index is 381. The summed E-state index contributed by atoms with van der Waals surface area (Å²) in [4.78, 5) is 10.8. The van der Waals surface area contributed by atoms with Gasteiger partial charge in [-0.05, 0) is 34.1 Å². The van der Waals surface area contributed by atoms with Crippen LogP contribution in [0.3, 0.4) is 0 Å². The molecule has 0 amide bonds. The average molecular weight is 265 g/mol. The maximum Gasteiger partial charge on any atom is 0.134 e. The fourth-order valence-corrected chi connectivity index (χ4v) is 2.34. The van der Waals surface area contributed by atoms with E-state index in [0.717, 1.165) is 30.9 Å². The molecule has 1 rings (SSSR count). The molecule has 3 N–H and O–H groups in total. The first-order chi connectivity index (χ1) is 8.97. The first-order valence-electron chi connectivity index (χ1n) is 7.06. The number of hydrogen-bond donors (Lipinski definition) is 2. The number of nitrogen functional groups attached to an aromatic ring is 1. The zero-order chi connectivity index (χ0) is 14.4. The van der Waals surface area contributed by atoms with E-state index in [1.807, 2.05) is 0 Å². The Morgan fingerprint density at radius 3 is 2.37 bits per heavy atom. The molecule has 1 aromatic heterocycles. The van der Waals surface area contributed by atoms with Crippen molar-refractivity contribution in [1.29, 1.82) is 0 Å². The van der Waals surface area contributed by atoms with Crippen LogP contribution in [0, 0.1) is 0 Å². The summed E-state index contributed by atoms with van der Waals surface area (Å²) in [6, 6.07) is 1.09. The van der Waals surface area contributed by atoms with E-state index < -0.39 is 0 Å². The second kappa shape index (κ2) is 7.28. The Balaban J connectivity index is 2.60. The Labute approximate surface area is 116 Å². The molecule has 0 fully saturated rings. The summed E-state index contributed by atoms with van der Waals surface area (Å²) in [7, 11) is 0. The Morgan fingerprint density at radius 2 is 1.84 bits per heavy atom. The molecule has 1 heterocycles. The zero-order valence-electron chi connectivity index (χ0n) is 12.8. The van der Waals surface area contributed by atoms with Gasteiger partial charge in [0.2, 0.25) is 0 Å². The summed E-state index contributed by atoms with van der Waals surface area (Å²) in [5, 5.41) is 3.37. The molecule has 0 saturated heterocycles. The first kappa shape index (κ1) is 15.7. The fraction of sp³-hybridized carbons (Fsp3) is 0.714. The second-order valence-electron chi connectivity index (χ2n) is 5.29. The molecule has 0 aliphatic rings. The lowest BCUT2D eigenvalue weighted by molar-refractivity contribution is 0.182. The standard InChI is InChI=1S/C14H27N5/c1-6-12-13(15)17-9-18-14(12)16-7-8-19(10(2)3)11(4)5/h9-11H,6-8H2,1-5H3,(H3,15,16,17,18). The minimum Gasteiger partial charge on any atom is -0.383 e. The van der Waals surface area contributed by atoms with Crippen LogP contribution in [-0.2, 0) is 6.42 Å². The Morgan fingerprint density at radius 1 is 1.21 bits per heavy atom. The van der Waals surface area contributed by atoms with Crippen molar-refractivity contribution in [1.82, 2.24) is 14.9 Å². The van der Waals surface area contributed by atoms with E-state index in [1.54, 1.807) is 0 Å². The van der Waals surface area contributed by atoms with Crippen molar-refractivity contribution >= 4 is 11.6 Å². The highest BCUT2D eigenvalue weighted by molar-refractivity contribution is 5.54. The van der Waals surface area contributed by atoms with Gasteiger partial charge in [-0.1, -0.05) is 6.92 Å². The van der Waals surface area contributed by atoms with Crippen LogP contribution in [0.2, 0.25) is 0 Å². The van der Waals surface area contributed by atoms with Gasteiger partial charge in [-0.25, -0.2) is 9.97 Å². The van der Waals surface area contributed by atoms with Crippen molar-refractivity contribution in [2.45, 2.75) is 53.1 Å². The minimum absolute atomic E-state index is 0.544. The van der Waals surface area contributed by atoms with E-state index in [1.165, 1.54) is 6.33 Å². The zero-order valence-corrected chi connectivity index (χ0v) is 12.8. The van der Waals surface area contributed by atoms with E-state index in [9.17, 15) is 0 Å². The van der Waals surface area contributed by atoms with Crippen molar-refractivity contribution in [2.24, 2.45) is 0 Å². The SMILES string of the molecule is CCc1c(N)ncnc1NCCN(C(C)C)C(C)C. The summed E-state index contributed by atoms with van der Waals surface area (Å²) in [5.74, 6) is 1.44. The molecule has 0 aliphatic carbocycles. The van der Waals surface area contributed by atoms with Gasteiger partial charge in [0.1, 0.15) is 18.0 Å². The van der Waals surface area contributed by atoms with Crippen molar-refractivity contribution in [2.75, 3.05) is 24.1 Å². The number of nitrogens with one attached hydrogen (secondary N) is 1. The molecule has 0 aliphatic heterocycles. The number of rotatable bonds is 7. The van der Waals surface area contributed by atoms with Crippen LogP contribution < -0.4 is 11.1 Å². The second-order valence-corrected chi connectivity index (χ2v) is 5.29. The molecule has 0 spiro atoms. The van der Waals surface area contributed by atoms with E-state index in [4.69, 9.17) is 5.73 Å². The lowest BCUT2D eigenvalue weighted by atomic mass is 10.2. The minimum atomic E-state index is 0.544. The maximum absolute atomic E-state index is 5.86. The van der Waals surface area contributed by atoms with Gasteiger partial charge in [-0.3, -0.25) is 4.90 Å². The number of aromatic nitrogens is 2. The summed E-state index contributed by atoms with van der Waals surface area (Å²) < 4.78 is 0. The van der Waals surface area contributed by atoms with Crippen LogP contribution in [0.15, 0.2) is 6.33 Å². The third-order valence-electron chi connectivity index (χ3n) is 3.32. The summed E-state index contributed by atoms with van der Waals surface area (Å²) in [6.45, 7) is 12.8. The monoisotopic (exact) mass is 265 g/mol. The number of nitrogens with two attached hydrogens (primary N) is 1. The van der Waals surface area contributed by atoms with E-state index >= 15 is 0 Å². The third-order valence-corrected chi connectivity index (χ3v) is 3.32. The highest BCUT2D eigenvalue weighted by Gasteiger charge is 2.13. The first-order valence-corrected chi connectivity index (χ1v) is 7.06. The van der Waals surface area contributed by atoms with Crippen LogP contribution >= 0.6 is 0 Å². The number of anilines is 2. The summed E-state index contributed by atoms with van der Waals surface area (Å²) in [5.41, 5.74) is 6.86. The van der Waals surface area contributed by atoms with Crippen molar-refractivity contribution in [3.8, 4) is 0 Å². The molecular weight excluding hydrogens is 238 g/mol. The average Bonchev–Trinajstić information content (AvgIpc) is 2.33. The molecule has 1 aromatic rings. The normalized spacial score (nSPS) is 11.6. The third kappa shape index (κ3) is 4.35. The van der Waals surface area contributed by atoms with Crippen LogP contribution in [0.25, 0.3) is 0 Å². The highest BCUT2D eigenvalue weighted by Crippen LogP contribution is 2.17. The lowest BCUT2D eigenvalue weighted by Gasteiger charge is -2.30. The summed E-state index contributed by atoms with van der Waals surface area (Å²) in [6.07, 6.45) is 2.35. The highest BCUT2D eigenvalue weighted by atomic mass is 15.2. The van der Waals surface area contributed by atoms with Gasteiger partial charge >= 0.3 is 0 Å². The predicted molar refractivity (Wildman–Crippen MR) is 81.3 cm³/mol. The molecule has 5 heteroatoms. The Kier molecular flexibility index (Phi) is 6.02. The molecule has 0 bridgehead atoms. The van der Waals surface area contributed by atoms with Gasteiger partial charge in [0.15, 0.2) is 0 Å². The molecule has 0 radical (unpaired) electrons. The molecule has 0 unspecified atom stereocenters. The Hall–Kier alpha value is -1.36. The van der Waals surface area contributed by atoms with Gasteiger partial charge in [0, 0.05) is 30.7 Å². The molecule has 19 heavy (non-hydrogen) atoms. The van der Waals surface area contributed by atoms with Gasteiger partial charge in [-0.2, -0.15) is 0 Å². The number of hydrogen-bond acceptors (Lipinski definition) is 5. The van der Waals surface area contributed by atoms with E-state index in [2.05, 4.69) is 54.8 Å². The van der Waals surface area contributed by atoms with Crippen LogP contribution in [-0.4, -0.2) is 40.0 Å². The van der Waals surface area contributed by atoms with Crippen LogP contribution in [0.4, 0.5) is 11.6 Å². The summed E-state index contributed by atoms with van der Waals surface area (Å²) >= 11 is 0. The van der Waals surface area contributed by atoms with Crippen LogP contribution in [0.1, 0.15) is 40.2 Å². The molecule has 5 nitrogen and oxygen atoms in total. The molecule has 0 atom stereocenters. The van der Waals surface area contributed by atoms with E-state index in [-0.39, 0.29) is 0 Å². The van der Waals surface area contributed by atoms with E-state index in [0.29, 0.717) is 17.9 Å². The van der Waals surface area contributed by atoms with Gasteiger partial charge in [-0.15, -0.1) is 0 Å². The fourth-order valence-electron chi connectivity index (χ4n) is 2.34. The lowest BCUT2D eigenvalue weighted by Crippen LogP contribution is -2.40. The van der Waals surface area contributed by atoms with Crippen LogP contribution in [0.5, 0.6) is 0 Å². The van der Waals surface area contributed by atoms with Gasteiger partial charge in [0.25, 0.3) is 0 Å².